The van der Waals surface area contributed by atoms with Crippen molar-refractivity contribution in [3.63, 3.8) is 0 Å². The van der Waals surface area contributed by atoms with E-state index in [2.05, 4.69) is 5.32 Å². The molecule has 2 aromatic carbocycles. The summed E-state index contributed by atoms with van der Waals surface area (Å²) in [5.74, 6) is -0.262. The number of methoxy groups -OCH3 is 1. The van der Waals surface area contributed by atoms with Crippen LogP contribution in [0.25, 0.3) is 11.0 Å². The molecule has 5 nitrogen and oxygen atoms in total. The van der Waals surface area contributed by atoms with Crippen molar-refractivity contribution in [1.82, 2.24) is 0 Å². The van der Waals surface area contributed by atoms with Gasteiger partial charge >= 0.3 is 5.63 Å². The van der Waals surface area contributed by atoms with Gasteiger partial charge < -0.3 is 14.5 Å². The summed E-state index contributed by atoms with van der Waals surface area (Å²) in [4.78, 5) is 24.5. The first-order chi connectivity index (χ1) is 12.9. The highest BCUT2D eigenvalue weighted by Crippen LogP contribution is 2.24. The molecule has 0 radical (unpaired) electrons. The van der Waals surface area contributed by atoms with Gasteiger partial charge in [0.2, 0.25) is 5.91 Å². The lowest BCUT2D eigenvalue weighted by Crippen LogP contribution is -2.17. The molecule has 0 bridgehead atoms. The van der Waals surface area contributed by atoms with Crippen LogP contribution in [0.4, 0.5) is 10.1 Å². The molecule has 1 aromatic heterocycles. The van der Waals surface area contributed by atoms with Crippen LogP contribution in [0.15, 0.2) is 45.6 Å². The summed E-state index contributed by atoms with van der Waals surface area (Å²) >= 11 is 0. The van der Waals surface area contributed by atoms with Gasteiger partial charge in [-0.15, -0.1) is 0 Å². The minimum atomic E-state index is -0.487. The summed E-state index contributed by atoms with van der Waals surface area (Å²) in [6.45, 7) is 3.59. The Morgan fingerprint density at radius 2 is 1.96 bits per heavy atom. The highest BCUT2D eigenvalue weighted by molar-refractivity contribution is 5.91. The molecule has 1 amide bonds. The van der Waals surface area contributed by atoms with E-state index in [1.807, 2.05) is 13.0 Å². The van der Waals surface area contributed by atoms with Gasteiger partial charge in [-0.3, -0.25) is 4.79 Å². The van der Waals surface area contributed by atoms with E-state index in [0.717, 1.165) is 16.5 Å². The maximum absolute atomic E-state index is 13.8. The summed E-state index contributed by atoms with van der Waals surface area (Å²) in [6, 6.07) is 9.84. The SMILES string of the molecule is COc1ccc2c(C)c(CCC(=O)Nc3ccc(C)cc3F)c(=O)oc2c1. The number of anilines is 1. The van der Waals surface area contributed by atoms with Crippen molar-refractivity contribution in [2.45, 2.75) is 26.7 Å². The van der Waals surface area contributed by atoms with Gasteiger partial charge in [0, 0.05) is 23.4 Å². The Kier molecular flexibility index (Phi) is 5.26. The fourth-order valence-corrected chi connectivity index (χ4v) is 2.96. The summed E-state index contributed by atoms with van der Waals surface area (Å²) < 4.78 is 24.4. The van der Waals surface area contributed by atoms with Gasteiger partial charge in [0.25, 0.3) is 0 Å². The van der Waals surface area contributed by atoms with E-state index in [9.17, 15) is 14.0 Å². The first-order valence-electron chi connectivity index (χ1n) is 8.55. The third kappa shape index (κ3) is 4.00. The fraction of sp³-hybridized carbons (Fsp3) is 0.238. The number of carbonyl (C=O) groups is 1. The molecule has 6 heteroatoms. The zero-order chi connectivity index (χ0) is 19.6. The van der Waals surface area contributed by atoms with E-state index in [0.29, 0.717) is 16.9 Å². The Bertz CT molecular complexity index is 1070. The molecule has 0 spiro atoms. The first kappa shape index (κ1) is 18.6. The molecule has 1 heterocycles. The summed E-state index contributed by atoms with van der Waals surface area (Å²) in [6.07, 6.45) is 0.246. The van der Waals surface area contributed by atoms with Crippen LogP contribution in [0.5, 0.6) is 5.75 Å². The number of hydrogen-bond donors (Lipinski definition) is 1. The number of ether oxygens (including phenoxy) is 1. The van der Waals surface area contributed by atoms with Gasteiger partial charge in [-0.2, -0.15) is 0 Å². The minimum Gasteiger partial charge on any atom is -0.497 e. The predicted octanol–water partition coefficient (Wildman–Crippen LogP) is 4.13. The molecule has 27 heavy (non-hydrogen) atoms. The van der Waals surface area contributed by atoms with Crippen LogP contribution in [-0.4, -0.2) is 13.0 Å². The van der Waals surface area contributed by atoms with Crippen molar-refractivity contribution >= 4 is 22.6 Å². The third-order valence-corrected chi connectivity index (χ3v) is 4.50. The Labute approximate surface area is 155 Å². The number of carbonyl (C=O) groups excluding carboxylic acids is 1. The number of hydrogen-bond acceptors (Lipinski definition) is 4. The molecule has 0 aliphatic rings. The van der Waals surface area contributed by atoms with Crippen LogP contribution >= 0.6 is 0 Å². The zero-order valence-electron chi connectivity index (χ0n) is 15.4. The highest BCUT2D eigenvalue weighted by Gasteiger charge is 2.14. The fourth-order valence-electron chi connectivity index (χ4n) is 2.96. The molecule has 0 aliphatic carbocycles. The lowest BCUT2D eigenvalue weighted by molar-refractivity contribution is -0.116. The second kappa shape index (κ2) is 7.61. The number of nitrogens with one attached hydrogen (secondary N) is 1. The van der Waals surface area contributed by atoms with E-state index in [1.165, 1.54) is 19.2 Å². The summed E-state index contributed by atoms with van der Waals surface area (Å²) in [5.41, 5.74) is 2.05. The van der Waals surface area contributed by atoms with Gasteiger partial charge in [-0.05, 0) is 55.7 Å². The topological polar surface area (TPSA) is 68.5 Å². The van der Waals surface area contributed by atoms with Crippen molar-refractivity contribution in [3.05, 3.63) is 69.3 Å². The van der Waals surface area contributed by atoms with Crippen molar-refractivity contribution in [2.75, 3.05) is 12.4 Å². The van der Waals surface area contributed by atoms with Gasteiger partial charge in [0.15, 0.2) is 0 Å². The standard InChI is InChI=1S/C21H20FNO4/c1-12-4-8-18(17(22)10-12)23-20(24)9-7-16-13(2)15-6-5-14(26-3)11-19(15)27-21(16)25/h4-6,8,10-11H,7,9H2,1-3H3,(H,23,24). The lowest BCUT2D eigenvalue weighted by atomic mass is 10.0. The van der Waals surface area contributed by atoms with Crippen molar-refractivity contribution < 1.29 is 18.3 Å². The normalized spacial score (nSPS) is 10.8. The number of aryl methyl sites for hydroxylation is 2. The molecule has 0 saturated heterocycles. The van der Waals surface area contributed by atoms with Gasteiger partial charge in [-0.25, -0.2) is 9.18 Å². The van der Waals surface area contributed by atoms with Crippen LogP contribution in [0.1, 0.15) is 23.1 Å². The monoisotopic (exact) mass is 369 g/mol. The minimum absolute atomic E-state index is 0.0422. The maximum atomic E-state index is 13.8. The Balaban J connectivity index is 1.78. The molecule has 0 atom stereocenters. The van der Waals surface area contributed by atoms with E-state index in [4.69, 9.17) is 9.15 Å². The average molecular weight is 369 g/mol. The molecule has 3 aromatic rings. The van der Waals surface area contributed by atoms with Gasteiger partial charge in [0.1, 0.15) is 17.1 Å². The lowest BCUT2D eigenvalue weighted by Gasteiger charge is -2.10. The molecule has 1 N–H and O–H groups in total. The second-order valence-corrected chi connectivity index (χ2v) is 6.39. The Morgan fingerprint density at radius 3 is 2.67 bits per heavy atom. The summed E-state index contributed by atoms with van der Waals surface area (Å²) in [7, 11) is 1.54. The smallest absolute Gasteiger partial charge is 0.339 e. The van der Waals surface area contributed by atoms with Crippen LogP contribution in [0, 0.1) is 19.7 Å². The van der Waals surface area contributed by atoms with E-state index >= 15 is 0 Å². The molecule has 140 valence electrons. The third-order valence-electron chi connectivity index (χ3n) is 4.50. The zero-order valence-corrected chi connectivity index (χ0v) is 15.4. The van der Waals surface area contributed by atoms with Gasteiger partial charge in [0.05, 0.1) is 12.8 Å². The van der Waals surface area contributed by atoms with E-state index in [1.54, 1.807) is 25.1 Å². The molecule has 3 rings (SSSR count). The van der Waals surface area contributed by atoms with E-state index in [-0.39, 0.29) is 24.4 Å². The largest absolute Gasteiger partial charge is 0.497 e. The number of fused-ring (bicyclic) bond motifs is 1. The molecular formula is C21H20FNO4. The summed E-state index contributed by atoms with van der Waals surface area (Å²) in [5, 5.41) is 3.32. The molecule has 0 fully saturated rings. The number of benzene rings is 2. The van der Waals surface area contributed by atoms with Crippen LogP contribution in [0.3, 0.4) is 0 Å². The van der Waals surface area contributed by atoms with Crippen LogP contribution in [-0.2, 0) is 11.2 Å². The number of amides is 1. The molecular weight excluding hydrogens is 349 g/mol. The van der Waals surface area contributed by atoms with E-state index < -0.39 is 11.4 Å². The number of rotatable bonds is 5. The van der Waals surface area contributed by atoms with Crippen LogP contribution < -0.4 is 15.7 Å². The average Bonchev–Trinajstić information content (AvgIpc) is 2.63. The Hall–Kier alpha value is -3.15. The van der Waals surface area contributed by atoms with Gasteiger partial charge in [-0.1, -0.05) is 6.07 Å². The van der Waals surface area contributed by atoms with Crippen molar-refractivity contribution in [1.29, 1.82) is 0 Å². The molecule has 0 aliphatic heterocycles. The molecule has 0 saturated carbocycles. The molecule has 0 unspecified atom stereocenters. The second-order valence-electron chi connectivity index (χ2n) is 6.39. The Morgan fingerprint density at radius 1 is 1.19 bits per heavy atom. The highest BCUT2D eigenvalue weighted by atomic mass is 19.1. The quantitative estimate of drug-likeness (QED) is 0.687. The van der Waals surface area contributed by atoms with Crippen molar-refractivity contribution in [2.24, 2.45) is 0 Å². The predicted molar refractivity (Wildman–Crippen MR) is 102 cm³/mol. The van der Waals surface area contributed by atoms with Crippen molar-refractivity contribution in [3.8, 4) is 5.75 Å². The number of halogens is 1. The maximum Gasteiger partial charge on any atom is 0.339 e. The van der Waals surface area contributed by atoms with Crippen LogP contribution in [0.2, 0.25) is 0 Å². The first-order valence-corrected chi connectivity index (χ1v) is 8.55.